The third kappa shape index (κ3) is 2.57. The van der Waals surface area contributed by atoms with E-state index in [1.807, 2.05) is 11.4 Å². The van der Waals surface area contributed by atoms with Crippen molar-refractivity contribution >= 4 is 11.3 Å². The molecular formula is C17H20N4S. The monoisotopic (exact) mass is 312 g/mol. The highest BCUT2D eigenvalue weighted by molar-refractivity contribution is 7.10. The van der Waals surface area contributed by atoms with Crippen LogP contribution in [0.5, 0.6) is 0 Å². The van der Waals surface area contributed by atoms with Crippen molar-refractivity contribution in [2.75, 3.05) is 13.1 Å². The van der Waals surface area contributed by atoms with Gasteiger partial charge in [-0.25, -0.2) is 4.98 Å². The Morgan fingerprint density at radius 1 is 1.36 bits per heavy atom. The fraction of sp³-hybridized carbons (Fsp3) is 0.529. The van der Waals surface area contributed by atoms with E-state index >= 15 is 0 Å². The zero-order valence-electron chi connectivity index (χ0n) is 12.7. The quantitative estimate of drug-likeness (QED) is 0.874. The molecule has 114 valence electrons. The van der Waals surface area contributed by atoms with Gasteiger partial charge in [-0.1, -0.05) is 0 Å². The molecule has 0 saturated carbocycles. The predicted octanol–water partition coefficient (Wildman–Crippen LogP) is 3.14. The van der Waals surface area contributed by atoms with Gasteiger partial charge in [-0.2, -0.15) is 5.26 Å². The summed E-state index contributed by atoms with van der Waals surface area (Å²) in [6, 6.07) is 4.82. The molecule has 1 aliphatic heterocycles. The smallest absolute Gasteiger partial charge is 0.100 e. The molecule has 3 heterocycles. The number of rotatable bonds is 3. The summed E-state index contributed by atoms with van der Waals surface area (Å²) in [5, 5.41) is 10.9. The molecule has 5 heteroatoms. The van der Waals surface area contributed by atoms with Crippen molar-refractivity contribution in [1.29, 1.82) is 5.26 Å². The normalized spacial score (nSPS) is 21.7. The molecule has 1 saturated heterocycles. The lowest BCUT2D eigenvalue weighted by atomic mass is 10.0. The highest BCUT2D eigenvalue weighted by atomic mass is 32.1. The van der Waals surface area contributed by atoms with E-state index in [2.05, 4.69) is 26.8 Å². The van der Waals surface area contributed by atoms with E-state index in [4.69, 9.17) is 5.26 Å². The van der Waals surface area contributed by atoms with E-state index in [9.17, 15) is 0 Å². The maximum absolute atomic E-state index is 8.92. The van der Waals surface area contributed by atoms with Gasteiger partial charge in [0.15, 0.2) is 0 Å². The van der Waals surface area contributed by atoms with Gasteiger partial charge < -0.3 is 4.57 Å². The molecule has 0 amide bonds. The lowest BCUT2D eigenvalue weighted by molar-refractivity contribution is 0.317. The van der Waals surface area contributed by atoms with Crippen LogP contribution in [0.1, 0.15) is 47.1 Å². The third-order valence-corrected chi connectivity index (χ3v) is 5.78. The highest BCUT2D eigenvalue weighted by Gasteiger charge is 2.27. The first-order valence-electron chi connectivity index (χ1n) is 8.08. The Morgan fingerprint density at radius 2 is 2.27 bits per heavy atom. The van der Waals surface area contributed by atoms with Crippen LogP contribution in [0.4, 0.5) is 0 Å². The molecule has 2 aromatic rings. The van der Waals surface area contributed by atoms with E-state index in [-0.39, 0.29) is 0 Å². The highest BCUT2D eigenvalue weighted by Crippen LogP contribution is 2.29. The van der Waals surface area contributed by atoms with Crippen molar-refractivity contribution in [1.82, 2.24) is 14.5 Å². The molecule has 1 atom stereocenters. The largest absolute Gasteiger partial charge is 0.330 e. The van der Waals surface area contributed by atoms with E-state index in [0.717, 1.165) is 31.6 Å². The number of fused-ring (bicyclic) bond motifs is 1. The van der Waals surface area contributed by atoms with E-state index in [1.54, 1.807) is 11.3 Å². The van der Waals surface area contributed by atoms with Gasteiger partial charge in [-0.15, -0.1) is 11.3 Å². The minimum atomic E-state index is 0.574. The molecule has 4 rings (SSSR count). The predicted molar refractivity (Wildman–Crippen MR) is 86.8 cm³/mol. The van der Waals surface area contributed by atoms with Gasteiger partial charge in [0.2, 0.25) is 0 Å². The average molecular weight is 312 g/mol. The van der Waals surface area contributed by atoms with Gasteiger partial charge in [0.25, 0.3) is 0 Å². The van der Waals surface area contributed by atoms with Crippen LogP contribution in [0.15, 0.2) is 17.8 Å². The van der Waals surface area contributed by atoms with Crippen molar-refractivity contribution in [2.24, 2.45) is 0 Å². The van der Waals surface area contributed by atoms with Crippen molar-refractivity contribution < 1.29 is 0 Å². The average Bonchev–Trinajstić information content (AvgIpc) is 3.26. The molecular weight excluding hydrogens is 292 g/mol. The van der Waals surface area contributed by atoms with Gasteiger partial charge in [0.05, 0.1) is 17.6 Å². The molecule has 4 nitrogen and oxygen atoms in total. The summed E-state index contributed by atoms with van der Waals surface area (Å²) in [5.74, 6) is 0. The number of likely N-dealkylation sites (tertiary alicyclic amines) is 1. The summed E-state index contributed by atoms with van der Waals surface area (Å²) in [4.78, 5) is 8.44. The maximum Gasteiger partial charge on any atom is 0.100 e. The number of aryl methyl sites for hydroxylation is 1. The lowest BCUT2D eigenvalue weighted by Gasteiger charge is -2.20. The number of nitriles is 1. The van der Waals surface area contributed by atoms with Gasteiger partial charge in [0.1, 0.15) is 6.07 Å². The molecule has 0 radical (unpaired) electrons. The van der Waals surface area contributed by atoms with Gasteiger partial charge >= 0.3 is 0 Å². The molecule has 1 fully saturated rings. The second kappa shape index (κ2) is 5.86. The van der Waals surface area contributed by atoms with Crippen LogP contribution in [0.25, 0.3) is 0 Å². The second-order valence-corrected chi connectivity index (χ2v) is 7.34. The Hall–Kier alpha value is -1.64. The van der Waals surface area contributed by atoms with Crippen LogP contribution in [0.3, 0.4) is 0 Å². The Labute approximate surface area is 135 Å². The fourth-order valence-electron chi connectivity index (χ4n) is 3.73. The summed E-state index contributed by atoms with van der Waals surface area (Å²) in [7, 11) is 0. The summed E-state index contributed by atoms with van der Waals surface area (Å²) in [5.41, 5.74) is 3.61. The number of hydrogen-bond acceptors (Lipinski definition) is 4. The Balaban J connectivity index is 1.44. The molecule has 22 heavy (non-hydrogen) atoms. The number of aromatic nitrogens is 2. The summed E-state index contributed by atoms with van der Waals surface area (Å²) in [6.45, 7) is 3.21. The van der Waals surface area contributed by atoms with Crippen LogP contribution in [-0.2, 0) is 19.4 Å². The van der Waals surface area contributed by atoms with Gasteiger partial charge in [0, 0.05) is 41.6 Å². The number of imidazole rings is 1. The van der Waals surface area contributed by atoms with Crippen molar-refractivity contribution in [3.05, 3.63) is 39.6 Å². The molecule has 0 unspecified atom stereocenters. The SMILES string of the molecule is N#Cc1csc(CN2CC[C@@H](n3cnc4c3CCCC4)C2)c1. The Bertz CT molecular complexity index is 709. The number of nitrogens with zero attached hydrogens (tertiary/aromatic N) is 4. The number of hydrogen-bond donors (Lipinski definition) is 0. The maximum atomic E-state index is 8.92. The second-order valence-electron chi connectivity index (χ2n) is 6.34. The fourth-order valence-corrected chi connectivity index (χ4v) is 4.58. The van der Waals surface area contributed by atoms with Gasteiger partial charge in [-0.05, 0) is 38.2 Å². The molecule has 0 N–H and O–H groups in total. The topological polar surface area (TPSA) is 44.9 Å². The molecule has 0 spiro atoms. The van der Waals surface area contributed by atoms with Crippen LogP contribution in [0, 0.1) is 11.3 Å². The molecule has 2 aliphatic rings. The first kappa shape index (κ1) is 14.0. The number of thiophene rings is 1. The van der Waals surface area contributed by atoms with Gasteiger partial charge in [-0.3, -0.25) is 4.90 Å². The molecule has 0 bridgehead atoms. The summed E-state index contributed by atoms with van der Waals surface area (Å²) in [6.07, 6.45) is 8.23. The van der Waals surface area contributed by atoms with Crippen LogP contribution < -0.4 is 0 Å². The van der Waals surface area contributed by atoms with E-state index < -0.39 is 0 Å². The first-order chi connectivity index (χ1) is 10.8. The zero-order valence-corrected chi connectivity index (χ0v) is 13.5. The van der Waals surface area contributed by atoms with Crippen molar-refractivity contribution in [2.45, 2.75) is 44.7 Å². The van der Waals surface area contributed by atoms with Crippen LogP contribution >= 0.6 is 11.3 Å². The zero-order chi connectivity index (χ0) is 14.9. The molecule has 1 aliphatic carbocycles. The van der Waals surface area contributed by atoms with E-state index in [1.165, 1.54) is 41.9 Å². The van der Waals surface area contributed by atoms with Crippen molar-refractivity contribution in [3.8, 4) is 6.07 Å². The summed E-state index contributed by atoms with van der Waals surface area (Å²) >= 11 is 1.70. The Kier molecular flexibility index (Phi) is 3.73. The minimum Gasteiger partial charge on any atom is -0.330 e. The first-order valence-corrected chi connectivity index (χ1v) is 8.96. The standard InChI is InChI=1S/C17H20N4S/c18-8-13-7-15(22-11-13)10-20-6-5-14(9-20)21-12-19-16-3-1-2-4-17(16)21/h7,11-12,14H,1-6,9-10H2/t14-/m1/s1. The van der Waals surface area contributed by atoms with E-state index in [0.29, 0.717) is 6.04 Å². The lowest BCUT2D eigenvalue weighted by Crippen LogP contribution is -2.21. The van der Waals surface area contributed by atoms with Crippen LogP contribution in [-0.4, -0.2) is 27.5 Å². The minimum absolute atomic E-state index is 0.574. The molecule has 2 aromatic heterocycles. The third-order valence-electron chi connectivity index (χ3n) is 4.86. The molecule has 0 aromatic carbocycles. The van der Waals surface area contributed by atoms with Crippen molar-refractivity contribution in [3.63, 3.8) is 0 Å². The summed E-state index contributed by atoms with van der Waals surface area (Å²) < 4.78 is 2.45. The Morgan fingerprint density at radius 3 is 3.14 bits per heavy atom. The van der Waals surface area contributed by atoms with Crippen LogP contribution in [0.2, 0.25) is 0 Å².